The summed E-state index contributed by atoms with van der Waals surface area (Å²) in [5, 5.41) is 2.71. The molecule has 0 fully saturated rings. The van der Waals surface area contributed by atoms with Gasteiger partial charge in [-0.1, -0.05) is 36.4 Å². The number of unbranched alkanes of at least 4 members (excludes halogenated alkanes) is 1. The number of amides is 1. The summed E-state index contributed by atoms with van der Waals surface area (Å²) in [5.74, 6) is -0.616. The molecule has 6 nitrogen and oxygen atoms in total. The molecule has 164 valence electrons. The van der Waals surface area contributed by atoms with E-state index < -0.39 is 22.6 Å². The summed E-state index contributed by atoms with van der Waals surface area (Å²) in [5.41, 5.74) is 2.13. The number of fused-ring (bicyclic) bond motifs is 1. The van der Waals surface area contributed by atoms with Crippen LogP contribution in [0.3, 0.4) is 0 Å². The average molecular weight is 453 g/mol. The summed E-state index contributed by atoms with van der Waals surface area (Å²) in [7, 11) is -1.07. The Morgan fingerprint density at radius 3 is 2.44 bits per heavy atom. The number of carbonyl (C=O) groups is 1. The SMILES string of the molecule is O=C(NCCCCS(=O)c1ccccc1)n1c(=O)oc2cc(-c3ccc(F)cc3)ccc21. The van der Waals surface area contributed by atoms with Crippen LogP contribution in [0.15, 0.2) is 86.9 Å². The molecule has 32 heavy (non-hydrogen) atoms. The van der Waals surface area contributed by atoms with Crippen LogP contribution in [0.1, 0.15) is 12.8 Å². The molecule has 8 heteroatoms. The van der Waals surface area contributed by atoms with Gasteiger partial charge in [-0.3, -0.25) is 4.21 Å². The van der Waals surface area contributed by atoms with E-state index in [2.05, 4.69) is 5.32 Å². The van der Waals surface area contributed by atoms with Gasteiger partial charge in [0.1, 0.15) is 5.82 Å². The lowest BCUT2D eigenvalue weighted by molar-refractivity contribution is 0.241. The molecule has 0 saturated carbocycles. The van der Waals surface area contributed by atoms with Crippen molar-refractivity contribution in [2.75, 3.05) is 12.3 Å². The third-order valence-corrected chi connectivity index (χ3v) is 6.46. The summed E-state index contributed by atoms with van der Waals surface area (Å²) in [6, 6.07) is 19.6. The van der Waals surface area contributed by atoms with E-state index in [1.807, 2.05) is 30.3 Å². The van der Waals surface area contributed by atoms with Crippen LogP contribution >= 0.6 is 0 Å². The second-order valence-electron chi connectivity index (χ2n) is 7.19. The van der Waals surface area contributed by atoms with E-state index in [1.165, 1.54) is 12.1 Å². The topological polar surface area (TPSA) is 81.3 Å². The number of halogens is 1. The first-order valence-electron chi connectivity index (χ1n) is 10.2. The van der Waals surface area contributed by atoms with E-state index in [-0.39, 0.29) is 11.4 Å². The second-order valence-corrected chi connectivity index (χ2v) is 8.77. The monoisotopic (exact) mass is 452 g/mol. The number of oxazole rings is 1. The first-order chi connectivity index (χ1) is 15.5. The zero-order valence-electron chi connectivity index (χ0n) is 17.1. The Morgan fingerprint density at radius 2 is 1.69 bits per heavy atom. The molecule has 1 amide bonds. The fourth-order valence-corrected chi connectivity index (χ4v) is 4.52. The quantitative estimate of drug-likeness (QED) is 0.417. The highest BCUT2D eigenvalue weighted by Crippen LogP contribution is 2.24. The molecule has 4 rings (SSSR count). The minimum absolute atomic E-state index is 0.269. The highest BCUT2D eigenvalue weighted by molar-refractivity contribution is 7.85. The molecule has 1 atom stereocenters. The van der Waals surface area contributed by atoms with Gasteiger partial charge in [-0.15, -0.1) is 0 Å². The Bertz CT molecular complexity index is 1310. The molecule has 1 N–H and O–H groups in total. The number of aromatic nitrogens is 1. The van der Waals surface area contributed by atoms with Gasteiger partial charge in [0.2, 0.25) is 0 Å². The summed E-state index contributed by atoms with van der Waals surface area (Å²) in [4.78, 5) is 25.6. The van der Waals surface area contributed by atoms with E-state index in [4.69, 9.17) is 4.42 Å². The van der Waals surface area contributed by atoms with Gasteiger partial charge in [-0.25, -0.2) is 14.0 Å². The van der Waals surface area contributed by atoms with Crippen molar-refractivity contribution in [3.8, 4) is 11.1 Å². The number of carbonyl (C=O) groups excluding carboxylic acids is 1. The zero-order valence-corrected chi connectivity index (χ0v) is 17.9. The minimum Gasteiger partial charge on any atom is -0.407 e. The fraction of sp³-hybridized carbons (Fsp3) is 0.167. The van der Waals surface area contributed by atoms with Gasteiger partial charge in [-0.05, 0) is 60.4 Å². The smallest absolute Gasteiger partial charge is 0.407 e. The third-order valence-electron chi connectivity index (χ3n) is 5.00. The predicted octanol–water partition coefficient (Wildman–Crippen LogP) is 4.55. The van der Waals surface area contributed by atoms with Crippen molar-refractivity contribution in [2.24, 2.45) is 0 Å². The van der Waals surface area contributed by atoms with Crippen molar-refractivity contribution in [2.45, 2.75) is 17.7 Å². The molecule has 0 radical (unpaired) electrons. The first-order valence-corrected chi connectivity index (χ1v) is 11.5. The number of rotatable bonds is 7. The summed E-state index contributed by atoms with van der Waals surface area (Å²) in [6.07, 6.45) is 1.30. The molecule has 0 spiro atoms. The van der Waals surface area contributed by atoms with Gasteiger partial charge in [0.05, 0.1) is 16.3 Å². The minimum atomic E-state index is -1.07. The van der Waals surface area contributed by atoms with Crippen molar-refractivity contribution in [1.29, 1.82) is 0 Å². The average Bonchev–Trinajstić information content (AvgIpc) is 3.14. The summed E-state index contributed by atoms with van der Waals surface area (Å²) in [6.45, 7) is 0.345. The lowest BCUT2D eigenvalue weighted by Crippen LogP contribution is -2.34. The van der Waals surface area contributed by atoms with E-state index >= 15 is 0 Å². The highest BCUT2D eigenvalue weighted by atomic mass is 32.2. The Balaban J connectivity index is 1.37. The molecule has 0 saturated heterocycles. The number of hydrogen-bond donors (Lipinski definition) is 1. The largest absolute Gasteiger partial charge is 0.428 e. The molecule has 0 aliphatic carbocycles. The lowest BCUT2D eigenvalue weighted by Gasteiger charge is -2.06. The molecular weight excluding hydrogens is 431 g/mol. The van der Waals surface area contributed by atoms with Gasteiger partial charge < -0.3 is 9.73 Å². The Labute approximate surface area is 186 Å². The standard InChI is InChI=1S/C24H21FN2O4S/c25-19-11-8-17(9-12-19)18-10-13-21-22(16-18)31-24(29)27(21)23(28)26-14-4-5-15-32(30)20-6-2-1-3-7-20/h1-3,6-13,16H,4-5,14-15H2,(H,26,28). The van der Waals surface area contributed by atoms with Crippen LogP contribution < -0.4 is 11.1 Å². The van der Waals surface area contributed by atoms with Gasteiger partial charge in [0.15, 0.2) is 5.58 Å². The van der Waals surface area contributed by atoms with Crippen LogP contribution in [-0.2, 0) is 10.8 Å². The molecule has 0 aliphatic heterocycles. The van der Waals surface area contributed by atoms with Gasteiger partial charge in [0, 0.05) is 17.2 Å². The molecular formula is C24H21FN2O4S. The summed E-state index contributed by atoms with van der Waals surface area (Å²) < 4.78 is 31.6. The van der Waals surface area contributed by atoms with Crippen LogP contribution in [0.25, 0.3) is 22.2 Å². The van der Waals surface area contributed by atoms with Crippen LogP contribution in [0.4, 0.5) is 9.18 Å². The van der Waals surface area contributed by atoms with E-state index in [9.17, 15) is 18.2 Å². The highest BCUT2D eigenvalue weighted by Gasteiger charge is 2.16. The Kier molecular flexibility index (Phi) is 6.61. The zero-order chi connectivity index (χ0) is 22.5. The lowest BCUT2D eigenvalue weighted by atomic mass is 10.1. The van der Waals surface area contributed by atoms with Crippen LogP contribution in [0.5, 0.6) is 0 Å². The molecule has 3 aromatic carbocycles. The third kappa shape index (κ3) is 4.86. The maximum atomic E-state index is 13.1. The summed E-state index contributed by atoms with van der Waals surface area (Å²) >= 11 is 0. The fourth-order valence-electron chi connectivity index (χ4n) is 3.36. The Hall–Kier alpha value is -3.52. The van der Waals surface area contributed by atoms with E-state index in [0.717, 1.165) is 20.6 Å². The van der Waals surface area contributed by atoms with Crippen molar-refractivity contribution < 1.29 is 17.8 Å². The van der Waals surface area contributed by atoms with Crippen LogP contribution in [0.2, 0.25) is 0 Å². The predicted molar refractivity (Wildman–Crippen MR) is 122 cm³/mol. The number of nitrogens with zero attached hydrogens (tertiary/aromatic N) is 1. The second kappa shape index (κ2) is 9.74. The maximum Gasteiger partial charge on any atom is 0.428 e. The molecule has 0 bridgehead atoms. The van der Waals surface area contributed by atoms with E-state index in [0.29, 0.717) is 30.7 Å². The molecule has 1 unspecified atom stereocenters. The van der Waals surface area contributed by atoms with Gasteiger partial charge in [-0.2, -0.15) is 4.57 Å². The van der Waals surface area contributed by atoms with Crippen molar-refractivity contribution in [1.82, 2.24) is 9.88 Å². The molecule has 1 aromatic heterocycles. The van der Waals surface area contributed by atoms with Gasteiger partial charge >= 0.3 is 11.8 Å². The molecule has 0 aliphatic rings. The van der Waals surface area contributed by atoms with E-state index in [1.54, 1.807) is 30.3 Å². The Morgan fingerprint density at radius 1 is 0.969 bits per heavy atom. The van der Waals surface area contributed by atoms with Crippen LogP contribution in [0, 0.1) is 5.82 Å². The maximum absolute atomic E-state index is 13.1. The normalized spacial score (nSPS) is 12.0. The number of benzene rings is 3. The number of nitrogens with one attached hydrogen (secondary N) is 1. The van der Waals surface area contributed by atoms with Crippen molar-refractivity contribution in [3.63, 3.8) is 0 Å². The van der Waals surface area contributed by atoms with Crippen LogP contribution in [-0.4, -0.2) is 27.1 Å². The first kappa shape index (κ1) is 21.7. The molecule has 1 heterocycles. The van der Waals surface area contributed by atoms with Crippen molar-refractivity contribution in [3.05, 3.63) is 89.2 Å². The molecule has 4 aromatic rings. The van der Waals surface area contributed by atoms with Gasteiger partial charge in [0.25, 0.3) is 0 Å². The van der Waals surface area contributed by atoms with Crippen molar-refractivity contribution >= 4 is 27.9 Å². The number of hydrogen-bond acceptors (Lipinski definition) is 4.